The third-order valence-corrected chi connectivity index (χ3v) is 3.71. The summed E-state index contributed by atoms with van der Waals surface area (Å²) in [6, 6.07) is 3.64. The fraction of sp³-hybridized carbons (Fsp3) is 0.688. The van der Waals surface area contributed by atoms with Gasteiger partial charge in [0.15, 0.2) is 5.82 Å². The van der Waals surface area contributed by atoms with Crippen LogP contribution >= 0.6 is 0 Å². The van der Waals surface area contributed by atoms with Crippen molar-refractivity contribution < 1.29 is 4.39 Å². The molecule has 1 aromatic heterocycles. The van der Waals surface area contributed by atoms with E-state index in [0.29, 0.717) is 6.04 Å². The van der Waals surface area contributed by atoms with Crippen molar-refractivity contribution >= 4 is 11.5 Å². The molecule has 2 heterocycles. The summed E-state index contributed by atoms with van der Waals surface area (Å²) in [7, 11) is 0. The molecule has 2 N–H and O–H groups in total. The largest absolute Gasteiger partial charge is 0.377 e. The smallest absolute Gasteiger partial charge is 0.214 e. The lowest BCUT2D eigenvalue weighted by atomic mass is 10.0. The highest BCUT2D eigenvalue weighted by atomic mass is 19.1. The van der Waals surface area contributed by atoms with Crippen molar-refractivity contribution in [3.05, 3.63) is 18.1 Å². The van der Waals surface area contributed by atoms with E-state index in [4.69, 9.17) is 0 Å². The molecular weight excluding hydrogens is 267 g/mol. The lowest BCUT2D eigenvalue weighted by Crippen LogP contribution is -2.44. The molecule has 0 bridgehead atoms. The van der Waals surface area contributed by atoms with Gasteiger partial charge in [-0.3, -0.25) is 0 Å². The summed E-state index contributed by atoms with van der Waals surface area (Å²) in [5.41, 5.74) is 0.825. The van der Waals surface area contributed by atoms with Crippen LogP contribution in [0.5, 0.6) is 0 Å². The molecule has 0 radical (unpaired) electrons. The van der Waals surface area contributed by atoms with Crippen molar-refractivity contribution in [3.8, 4) is 0 Å². The molecule has 0 amide bonds. The Morgan fingerprint density at radius 2 is 2.00 bits per heavy atom. The van der Waals surface area contributed by atoms with Crippen molar-refractivity contribution in [1.29, 1.82) is 0 Å². The molecule has 118 valence electrons. The number of hydrogen-bond acceptors (Lipinski definition) is 4. The number of rotatable bonds is 4. The van der Waals surface area contributed by atoms with Crippen molar-refractivity contribution in [3.63, 3.8) is 0 Å². The predicted octanol–water partition coefficient (Wildman–Crippen LogP) is 3.01. The van der Waals surface area contributed by atoms with E-state index in [1.165, 1.54) is 6.07 Å². The maximum Gasteiger partial charge on any atom is 0.214 e. The molecule has 0 aromatic carbocycles. The second-order valence-corrected chi connectivity index (χ2v) is 6.65. The highest BCUT2D eigenvalue weighted by Crippen LogP contribution is 2.29. The predicted molar refractivity (Wildman–Crippen MR) is 86.5 cm³/mol. The molecule has 0 unspecified atom stereocenters. The molecule has 0 spiro atoms. The van der Waals surface area contributed by atoms with Crippen LogP contribution in [0.15, 0.2) is 12.1 Å². The van der Waals surface area contributed by atoms with Crippen LogP contribution in [0.1, 0.15) is 40.5 Å². The van der Waals surface area contributed by atoms with Gasteiger partial charge >= 0.3 is 0 Å². The van der Waals surface area contributed by atoms with Crippen LogP contribution in [0.2, 0.25) is 0 Å². The molecule has 0 saturated carbocycles. The first-order valence-electron chi connectivity index (χ1n) is 7.83. The summed E-state index contributed by atoms with van der Waals surface area (Å²) in [6.45, 7) is 11.3. The van der Waals surface area contributed by atoms with Crippen LogP contribution < -0.4 is 15.5 Å². The van der Waals surface area contributed by atoms with E-state index in [1.807, 2.05) is 0 Å². The third kappa shape index (κ3) is 4.30. The average molecular weight is 294 g/mol. The normalized spacial score (nSPS) is 16.8. The second kappa shape index (κ2) is 6.60. The van der Waals surface area contributed by atoms with Crippen LogP contribution in [-0.4, -0.2) is 36.2 Å². The first-order valence-corrected chi connectivity index (χ1v) is 7.83. The molecule has 21 heavy (non-hydrogen) atoms. The van der Waals surface area contributed by atoms with Gasteiger partial charge in [-0.1, -0.05) is 0 Å². The molecule has 4 nitrogen and oxygen atoms in total. The van der Waals surface area contributed by atoms with Gasteiger partial charge in [0.1, 0.15) is 0 Å². The number of hydrogen-bond donors (Lipinski definition) is 2. The number of nitrogens with zero attached hydrogens (tertiary/aromatic N) is 2. The maximum atomic E-state index is 13.7. The molecule has 5 heteroatoms. The zero-order valence-corrected chi connectivity index (χ0v) is 13.5. The summed E-state index contributed by atoms with van der Waals surface area (Å²) in [5.74, 6) is 0.316. The van der Waals surface area contributed by atoms with Gasteiger partial charge in [0.05, 0.1) is 5.69 Å². The van der Waals surface area contributed by atoms with Crippen LogP contribution in [0.3, 0.4) is 0 Å². The minimum atomic E-state index is -0.420. The zero-order valence-electron chi connectivity index (χ0n) is 13.5. The zero-order chi connectivity index (χ0) is 15.5. The third-order valence-electron chi connectivity index (χ3n) is 3.71. The van der Waals surface area contributed by atoms with E-state index in [-0.39, 0.29) is 5.54 Å². The molecule has 0 atom stereocenters. The molecule has 0 aliphatic carbocycles. The van der Waals surface area contributed by atoms with Gasteiger partial charge in [-0.15, -0.1) is 0 Å². The van der Waals surface area contributed by atoms with E-state index in [2.05, 4.69) is 48.2 Å². The summed E-state index contributed by atoms with van der Waals surface area (Å²) >= 11 is 0. The van der Waals surface area contributed by atoms with Crippen molar-refractivity contribution in [1.82, 2.24) is 10.3 Å². The molecular formula is C16H27FN4. The Balaban J connectivity index is 2.31. The van der Waals surface area contributed by atoms with E-state index >= 15 is 0 Å². The second-order valence-electron chi connectivity index (χ2n) is 6.65. The quantitative estimate of drug-likeness (QED) is 0.838. The SMILES string of the molecule is CCN(c1nc(F)ccc1NC(C)(C)C)C1CCNCC1. The molecule has 1 fully saturated rings. The van der Waals surface area contributed by atoms with Gasteiger partial charge in [0, 0.05) is 18.1 Å². The minimum absolute atomic E-state index is 0.0816. The monoisotopic (exact) mass is 294 g/mol. The highest BCUT2D eigenvalue weighted by Gasteiger charge is 2.24. The van der Waals surface area contributed by atoms with E-state index in [9.17, 15) is 4.39 Å². The minimum Gasteiger partial charge on any atom is -0.377 e. The number of piperidine rings is 1. The number of nitrogens with one attached hydrogen (secondary N) is 2. The average Bonchev–Trinajstić information content (AvgIpc) is 2.42. The molecule has 2 rings (SSSR count). The van der Waals surface area contributed by atoms with Gasteiger partial charge in [-0.25, -0.2) is 4.98 Å². The molecule has 1 aliphatic rings. The van der Waals surface area contributed by atoms with E-state index in [1.54, 1.807) is 6.07 Å². The highest BCUT2D eigenvalue weighted by molar-refractivity contribution is 5.66. The van der Waals surface area contributed by atoms with Gasteiger partial charge in [-0.2, -0.15) is 4.39 Å². The fourth-order valence-corrected chi connectivity index (χ4v) is 2.85. The number of aromatic nitrogens is 1. The van der Waals surface area contributed by atoms with Crippen LogP contribution in [-0.2, 0) is 0 Å². The van der Waals surface area contributed by atoms with Gasteiger partial charge < -0.3 is 15.5 Å². The Morgan fingerprint density at radius 1 is 1.33 bits per heavy atom. The Bertz CT molecular complexity index is 464. The first kappa shape index (κ1) is 16.0. The van der Waals surface area contributed by atoms with Gasteiger partial charge in [-0.05, 0) is 65.8 Å². The van der Waals surface area contributed by atoms with Crippen molar-refractivity contribution in [2.75, 3.05) is 29.9 Å². The summed E-state index contributed by atoms with van der Waals surface area (Å²) in [6.07, 6.45) is 2.14. The molecule has 1 aromatic rings. The van der Waals surface area contributed by atoms with E-state index < -0.39 is 5.95 Å². The van der Waals surface area contributed by atoms with Crippen LogP contribution in [0, 0.1) is 5.95 Å². The summed E-state index contributed by atoms with van der Waals surface area (Å²) in [5, 5.41) is 6.82. The number of pyridine rings is 1. The fourth-order valence-electron chi connectivity index (χ4n) is 2.85. The van der Waals surface area contributed by atoms with Crippen LogP contribution in [0.4, 0.5) is 15.9 Å². The standard InChI is InChI=1S/C16H27FN4/c1-5-21(12-8-10-18-11-9-12)15-13(20-16(2,3)4)6-7-14(17)19-15/h6-7,12,18,20H,5,8-11H2,1-4H3. The Labute approximate surface area is 127 Å². The topological polar surface area (TPSA) is 40.2 Å². The molecule has 1 aliphatic heterocycles. The van der Waals surface area contributed by atoms with Crippen molar-refractivity contribution in [2.45, 2.75) is 52.1 Å². The number of anilines is 2. The summed E-state index contributed by atoms with van der Waals surface area (Å²) < 4.78 is 13.7. The Hall–Kier alpha value is -1.36. The number of halogens is 1. The lowest BCUT2D eigenvalue weighted by molar-refractivity contribution is 0.430. The van der Waals surface area contributed by atoms with Gasteiger partial charge in [0.25, 0.3) is 0 Å². The summed E-state index contributed by atoms with van der Waals surface area (Å²) in [4.78, 5) is 6.41. The lowest BCUT2D eigenvalue weighted by Gasteiger charge is -2.36. The van der Waals surface area contributed by atoms with Crippen molar-refractivity contribution in [2.24, 2.45) is 0 Å². The van der Waals surface area contributed by atoms with E-state index in [0.717, 1.165) is 44.0 Å². The molecule has 1 saturated heterocycles. The van der Waals surface area contributed by atoms with Gasteiger partial charge in [0.2, 0.25) is 5.95 Å². The Morgan fingerprint density at radius 3 is 2.57 bits per heavy atom. The first-order chi connectivity index (χ1) is 9.90. The van der Waals surface area contributed by atoms with Crippen LogP contribution in [0.25, 0.3) is 0 Å². The maximum absolute atomic E-state index is 13.7. The Kier molecular flexibility index (Phi) is 5.04.